The number of nitrogens with one attached hydrogen (secondary N) is 1. The molecule has 18 heavy (non-hydrogen) atoms. The van der Waals surface area contributed by atoms with Gasteiger partial charge < -0.3 is 10.1 Å². The summed E-state index contributed by atoms with van der Waals surface area (Å²) in [5.41, 5.74) is 2.04. The molecule has 0 unspecified atom stereocenters. The maximum absolute atomic E-state index is 5.62. The lowest BCUT2D eigenvalue weighted by atomic mass is 10.1. The van der Waals surface area contributed by atoms with Crippen LogP contribution < -0.4 is 10.1 Å². The molecule has 0 spiro atoms. The van der Waals surface area contributed by atoms with Gasteiger partial charge in [-0.05, 0) is 50.2 Å². The summed E-state index contributed by atoms with van der Waals surface area (Å²) in [6, 6.07) is 13.9. The van der Waals surface area contributed by atoms with Gasteiger partial charge in [0.05, 0.1) is 11.8 Å². The number of nitrogens with zero attached hydrogens (tertiary/aromatic N) is 1. The van der Waals surface area contributed by atoms with Gasteiger partial charge in [0.2, 0.25) is 0 Å². The molecule has 0 saturated heterocycles. The van der Waals surface area contributed by atoms with E-state index in [1.54, 1.807) is 0 Å². The topological polar surface area (TPSA) is 34.1 Å². The minimum atomic E-state index is 0.196. The molecule has 0 aliphatic rings. The SMILES string of the molecule is CNc1cccc(-c2ccc(OC(C)C)cc2)n1. The van der Waals surface area contributed by atoms with Crippen LogP contribution in [-0.2, 0) is 0 Å². The number of hydrogen-bond donors (Lipinski definition) is 1. The Kier molecular flexibility index (Phi) is 3.82. The summed E-state index contributed by atoms with van der Waals surface area (Å²) in [6.07, 6.45) is 0.196. The van der Waals surface area contributed by atoms with E-state index in [0.717, 1.165) is 22.8 Å². The molecule has 0 aliphatic heterocycles. The molecule has 0 bridgehead atoms. The van der Waals surface area contributed by atoms with Gasteiger partial charge in [-0.2, -0.15) is 0 Å². The molecule has 0 atom stereocenters. The van der Waals surface area contributed by atoms with Crippen LogP contribution in [0.3, 0.4) is 0 Å². The highest BCUT2D eigenvalue weighted by Gasteiger charge is 2.02. The van der Waals surface area contributed by atoms with Crippen molar-refractivity contribution in [2.75, 3.05) is 12.4 Å². The van der Waals surface area contributed by atoms with Crippen molar-refractivity contribution in [2.45, 2.75) is 20.0 Å². The van der Waals surface area contributed by atoms with Crippen LogP contribution in [0.2, 0.25) is 0 Å². The van der Waals surface area contributed by atoms with E-state index in [4.69, 9.17) is 4.74 Å². The summed E-state index contributed by atoms with van der Waals surface area (Å²) in [5, 5.41) is 3.04. The summed E-state index contributed by atoms with van der Waals surface area (Å²) in [4.78, 5) is 4.50. The molecule has 1 heterocycles. The smallest absolute Gasteiger partial charge is 0.126 e. The monoisotopic (exact) mass is 242 g/mol. The number of anilines is 1. The average molecular weight is 242 g/mol. The molecule has 0 saturated carbocycles. The fraction of sp³-hybridized carbons (Fsp3) is 0.267. The van der Waals surface area contributed by atoms with E-state index >= 15 is 0 Å². The molecule has 2 aromatic rings. The number of hydrogen-bond acceptors (Lipinski definition) is 3. The molecule has 94 valence electrons. The molecule has 2 rings (SSSR count). The molecule has 1 aromatic carbocycles. The van der Waals surface area contributed by atoms with Gasteiger partial charge in [0.1, 0.15) is 11.6 Å². The van der Waals surface area contributed by atoms with Crippen molar-refractivity contribution < 1.29 is 4.74 Å². The van der Waals surface area contributed by atoms with Crippen molar-refractivity contribution in [3.05, 3.63) is 42.5 Å². The Hall–Kier alpha value is -2.03. The highest BCUT2D eigenvalue weighted by Crippen LogP contribution is 2.22. The van der Waals surface area contributed by atoms with Crippen molar-refractivity contribution in [3.63, 3.8) is 0 Å². The third-order valence-corrected chi connectivity index (χ3v) is 2.53. The van der Waals surface area contributed by atoms with E-state index in [0.29, 0.717) is 0 Å². The molecule has 3 nitrogen and oxygen atoms in total. The largest absolute Gasteiger partial charge is 0.491 e. The lowest BCUT2D eigenvalue weighted by molar-refractivity contribution is 0.242. The van der Waals surface area contributed by atoms with Crippen molar-refractivity contribution in [3.8, 4) is 17.0 Å². The third kappa shape index (κ3) is 3.00. The maximum Gasteiger partial charge on any atom is 0.126 e. The van der Waals surface area contributed by atoms with E-state index < -0.39 is 0 Å². The van der Waals surface area contributed by atoms with Crippen molar-refractivity contribution >= 4 is 5.82 Å². The predicted molar refractivity (Wildman–Crippen MR) is 75.0 cm³/mol. The summed E-state index contributed by atoms with van der Waals surface area (Å²) in [6.45, 7) is 4.04. The molecular weight excluding hydrogens is 224 g/mol. The maximum atomic E-state index is 5.62. The molecular formula is C15H18N2O. The molecule has 0 aliphatic carbocycles. The number of benzene rings is 1. The summed E-state index contributed by atoms with van der Waals surface area (Å²) >= 11 is 0. The highest BCUT2D eigenvalue weighted by atomic mass is 16.5. The van der Waals surface area contributed by atoms with Gasteiger partial charge in [-0.15, -0.1) is 0 Å². The molecule has 0 fully saturated rings. The first kappa shape index (κ1) is 12.4. The van der Waals surface area contributed by atoms with Crippen LogP contribution in [-0.4, -0.2) is 18.1 Å². The molecule has 0 amide bonds. The Bertz CT molecular complexity index is 506. The minimum Gasteiger partial charge on any atom is -0.491 e. The first-order chi connectivity index (χ1) is 8.69. The van der Waals surface area contributed by atoms with E-state index in [9.17, 15) is 0 Å². The normalized spacial score (nSPS) is 10.4. The Morgan fingerprint density at radius 2 is 1.78 bits per heavy atom. The summed E-state index contributed by atoms with van der Waals surface area (Å²) < 4.78 is 5.62. The zero-order chi connectivity index (χ0) is 13.0. The Balaban J connectivity index is 2.22. The molecule has 1 N–H and O–H groups in total. The Morgan fingerprint density at radius 1 is 1.06 bits per heavy atom. The zero-order valence-electron chi connectivity index (χ0n) is 11.0. The fourth-order valence-electron chi connectivity index (χ4n) is 1.71. The van der Waals surface area contributed by atoms with Gasteiger partial charge in [-0.25, -0.2) is 4.98 Å². The van der Waals surface area contributed by atoms with Crippen LogP contribution in [0.25, 0.3) is 11.3 Å². The summed E-state index contributed by atoms with van der Waals surface area (Å²) in [5.74, 6) is 1.76. The predicted octanol–water partition coefficient (Wildman–Crippen LogP) is 3.58. The van der Waals surface area contributed by atoms with Crippen molar-refractivity contribution in [1.29, 1.82) is 0 Å². The van der Waals surface area contributed by atoms with Crippen molar-refractivity contribution in [2.24, 2.45) is 0 Å². The number of pyridine rings is 1. The van der Waals surface area contributed by atoms with Gasteiger partial charge in [0, 0.05) is 12.6 Å². The molecule has 0 radical (unpaired) electrons. The van der Waals surface area contributed by atoms with Crippen molar-refractivity contribution in [1.82, 2.24) is 4.98 Å². The van der Waals surface area contributed by atoms with E-state index in [-0.39, 0.29) is 6.10 Å². The van der Waals surface area contributed by atoms with Gasteiger partial charge in [-0.1, -0.05) is 6.07 Å². The number of aromatic nitrogens is 1. The van der Waals surface area contributed by atoms with Gasteiger partial charge >= 0.3 is 0 Å². The van der Waals surface area contributed by atoms with Gasteiger partial charge in [-0.3, -0.25) is 0 Å². The second-order valence-corrected chi connectivity index (χ2v) is 4.35. The first-order valence-corrected chi connectivity index (χ1v) is 6.11. The first-order valence-electron chi connectivity index (χ1n) is 6.11. The zero-order valence-corrected chi connectivity index (χ0v) is 11.0. The minimum absolute atomic E-state index is 0.196. The standard InChI is InChI=1S/C15H18N2O/c1-11(2)18-13-9-7-12(8-10-13)14-5-4-6-15(16-3)17-14/h4-11H,1-3H3,(H,16,17). The third-order valence-electron chi connectivity index (χ3n) is 2.53. The highest BCUT2D eigenvalue weighted by molar-refractivity contribution is 5.62. The second-order valence-electron chi connectivity index (χ2n) is 4.35. The van der Waals surface area contributed by atoms with Crippen LogP contribution in [0.1, 0.15) is 13.8 Å². The van der Waals surface area contributed by atoms with Crippen LogP contribution in [0.15, 0.2) is 42.5 Å². The van der Waals surface area contributed by atoms with E-state index in [2.05, 4.69) is 10.3 Å². The Morgan fingerprint density at radius 3 is 2.39 bits per heavy atom. The number of ether oxygens (including phenoxy) is 1. The summed E-state index contributed by atoms with van der Waals surface area (Å²) in [7, 11) is 1.87. The van der Waals surface area contributed by atoms with Crippen LogP contribution in [0.4, 0.5) is 5.82 Å². The van der Waals surface area contributed by atoms with Crippen LogP contribution in [0, 0.1) is 0 Å². The molecule has 3 heteroatoms. The lowest BCUT2D eigenvalue weighted by Gasteiger charge is -2.10. The average Bonchev–Trinajstić information content (AvgIpc) is 2.39. The van der Waals surface area contributed by atoms with E-state index in [1.165, 1.54) is 0 Å². The number of rotatable bonds is 4. The van der Waals surface area contributed by atoms with Crippen LogP contribution in [0.5, 0.6) is 5.75 Å². The Labute approximate surface area is 108 Å². The second kappa shape index (κ2) is 5.54. The molecule has 1 aromatic heterocycles. The van der Waals surface area contributed by atoms with Gasteiger partial charge in [0.25, 0.3) is 0 Å². The lowest BCUT2D eigenvalue weighted by Crippen LogP contribution is -2.05. The quantitative estimate of drug-likeness (QED) is 0.889. The van der Waals surface area contributed by atoms with Crippen LogP contribution >= 0.6 is 0 Å². The van der Waals surface area contributed by atoms with Gasteiger partial charge in [0.15, 0.2) is 0 Å². The van der Waals surface area contributed by atoms with E-state index in [1.807, 2.05) is 63.4 Å². The fourth-order valence-corrected chi connectivity index (χ4v) is 1.71.